The molecule has 0 aliphatic heterocycles. The molecule has 0 spiro atoms. The van der Waals surface area contributed by atoms with Gasteiger partial charge in [-0.05, 0) is 38.8 Å². The summed E-state index contributed by atoms with van der Waals surface area (Å²) in [6.45, 7) is 0. The minimum atomic E-state index is -0.490. The lowest BCUT2D eigenvalue weighted by Gasteiger charge is -2.12. The summed E-state index contributed by atoms with van der Waals surface area (Å²) in [5.74, 6) is 0.0689. The maximum Gasteiger partial charge on any atom is 0.344 e. The Bertz CT molecular complexity index is 971. The van der Waals surface area contributed by atoms with E-state index in [0.29, 0.717) is 21.3 Å². The van der Waals surface area contributed by atoms with E-state index in [1.165, 1.54) is 13.2 Å². The summed E-state index contributed by atoms with van der Waals surface area (Å²) in [6.07, 6.45) is 0. The van der Waals surface area contributed by atoms with Crippen molar-refractivity contribution in [2.45, 2.75) is 0 Å². The zero-order valence-corrected chi connectivity index (χ0v) is 14.3. The lowest BCUT2D eigenvalue weighted by atomic mass is 10.0. The first kappa shape index (κ1) is 16.0. The van der Waals surface area contributed by atoms with Crippen molar-refractivity contribution in [1.29, 1.82) is 5.26 Å². The molecule has 3 rings (SSSR count). The number of nitriles is 1. The summed E-state index contributed by atoms with van der Waals surface area (Å²) in [5, 5.41) is 10.8. The van der Waals surface area contributed by atoms with E-state index in [4.69, 9.17) is 14.7 Å². The van der Waals surface area contributed by atoms with Crippen LogP contribution in [0.15, 0.2) is 59.1 Å². The zero-order chi connectivity index (χ0) is 17.1. The number of hydrogen-bond acceptors (Lipinski definition) is 4. The quantitative estimate of drug-likeness (QED) is 0.487. The fraction of sp³-hybridized carbons (Fsp3) is 0.0526. The van der Waals surface area contributed by atoms with Gasteiger partial charge >= 0.3 is 5.97 Å². The van der Waals surface area contributed by atoms with Crippen LogP contribution in [0.2, 0.25) is 0 Å². The smallest absolute Gasteiger partial charge is 0.344 e. The van der Waals surface area contributed by atoms with Crippen molar-refractivity contribution in [3.8, 4) is 17.6 Å². The Hall–Kier alpha value is -2.84. The van der Waals surface area contributed by atoms with E-state index < -0.39 is 5.97 Å². The molecule has 0 saturated carbocycles. The second-order valence-electron chi connectivity index (χ2n) is 5.02. The Balaban J connectivity index is 2.02. The predicted molar refractivity (Wildman–Crippen MR) is 94.3 cm³/mol. The van der Waals surface area contributed by atoms with Crippen LogP contribution in [-0.2, 0) is 0 Å². The summed E-state index contributed by atoms with van der Waals surface area (Å²) < 4.78 is 11.3. The highest BCUT2D eigenvalue weighted by atomic mass is 79.9. The summed E-state index contributed by atoms with van der Waals surface area (Å²) in [4.78, 5) is 12.6. The highest BCUT2D eigenvalue weighted by molar-refractivity contribution is 9.10. The molecule has 0 amide bonds. The van der Waals surface area contributed by atoms with E-state index >= 15 is 0 Å². The third-order valence-corrected chi connectivity index (χ3v) is 4.15. The molecule has 3 aromatic carbocycles. The zero-order valence-electron chi connectivity index (χ0n) is 12.7. The van der Waals surface area contributed by atoms with Crippen molar-refractivity contribution in [2.75, 3.05) is 7.11 Å². The summed E-state index contributed by atoms with van der Waals surface area (Å²) in [7, 11) is 1.46. The fourth-order valence-electron chi connectivity index (χ4n) is 2.43. The maximum atomic E-state index is 12.6. The van der Waals surface area contributed by atoms with Gasteiger partial charge in [-0.1, -0.05) is 36.4 Å². The SMILES string of the molecule is COc1cc(C#N)cc(Br)c1OC(=O)c1cccc2ccccc12. The number of rotatable bonds is 3. The number of ether oxygens (including phenoxy) is 2. The molecule has 0 fully saturated rings. The first-order valence-corrected chi connectivity index (χ1v) is 7.91. The number of fused-ring (bicyclic) bond motifs is 1. The van der Waals surface area contributed by atoms with Crippen molar-refractivity contribution in [3.63, 3.8) is 0 Å². The third-order valence-electron chi connectivity index (χ3n) is 3.56. The number of nitrogens with zero attached hydrogens (tertiary/aromatic N) is 1. The molecule has 3 aromatic rings. The van der Waals surface area contributed by atoms with E-state index in [0.717, 1.165) is 10.8 Å². The van der Waals surface area contributed by atoms with Crippen LogP contribution in [0.5, 0.6) is 11.5 Å². The molecule has 0 aromatic heterocycles. The van der Waals surface area contributed by atoms with Crippen LogP contribution >= 0.6 is 15.9 Å². The lowest BCUT2D eigenvalue weighted by Crippen LogP contribution is -2.10. The third kappa shape index (κ3) is 2.97. The topological polar surface area (TPSA) is 59.3 Å². The van der Waals surface area contributed by atoms with Gasteiger partial charge in [0, 0.05) is 6.07 Å². The Morgan fingerprint density at radius 3 is 2.62 bits per heavy atom. The van der Waals surface area contributed by atoms with Gasteiger partial charge in [0.05, 0.1) is 28.8 Å². The molecule has 0 radical (unpaired) electrons. The van der Waals surface area contributed by atoms with Crippen LogP contribution in [-0.4, -0.2) is 13.1 Å². The van der Waals surface area contributed by atoms with E-state index in [1.54, 1.807) is 12.1 Å². The van der Waals surface area contributed by atoms with Gasteiger partial charge in [-0.15, -0.1) is 0 Å². The van der Waals surface area contributed by atoms with Gasteiger partial charge in [0.25, 0.3) is 0 Å². The van der Waals surface area contributed by atoms with Crippen molar-refractivity contribution in [1.82, 2.24) is 0 Å². The molecule has 0 atom stereocenters. The fourth-order valence-corrected chi connectivity index (χ4v) is 2.96. The number of benzene rings is 3. The van der Waals surface area contributed by atoms with E-state index in [-0.39, 0.29) is 5.75 Å². The lowest BCUT2D eigenvalue weighted by molar-refractivity contribution is 0.0730. The average Bonchev–Trinajstić information content (AvgIpc) is 2.62. The van der Waals surface area contributed by atoms with E-state index in [1.807, 2.05) is 42.5 Å². The Kier molecular flexibility index (Phi) is 4.50. The van der Waals surface area contributed by atoms with Crippen LogP contribution in [0.4, 0.5) is 0 Å². The van der Waals surface area contributed by atoms with Crippen LogP contribution in [0.25, 0.3) is 10.8 Å². The molecule has 0 bridgehead atoms. The molecule has 24 heavy (non-hydrogen) atoms. The van der Waals surface area contributed by atoms with Gasteiger partial charge in [0.15, 0.2) is 11.5 Å². The molecular formula is C19H12BrNO3. The molecular weight excluding hydrogens is 370 g/mol. The van der Waals surface area contributed by atoms with Crippen molar-refractivity contribution in [3.05, 3.63) is 70.2 Å². The van der Waals surface area contributed by atoms with Crippen molar-refractivity contribution >= 4 is 32.7 Å². The molecule has 0 heterocycles. The highest BCUT2D eigenvalue weighted by Gasteiger charge is 2.18. The molecule has 0 unspecified atom stereocenters. The minimum Gasteiger partial charge on any atom is -0.493 e. The maximum absolute atomic E-state index is 12.6. The van der Waals surface area contributed by atoms with E-state index in [9.17, 15) is 4.79 Å². The van der Waals surface area contributed by atoms with Crippen LogP contribution in [0.3, 0.4) is 0 Å². The summed E-state index contributed by atoms with van der Waals surface area (Å²) >= 11 is 3.32. The molecule has 118 valence electrons. The standard InChI is InChI=1S/C19H12BrNO3/c1-23-17-10-12(11-21)9-16(20)18(17)24-19(22)15-8-4-6-13-5-2-3-7-14(13)15/h2-10H,1H3. The van der Waals surface area contributed by atoms with Crippen molar-refractivity contribution in [2.24, 2.45) is 0 Å². The largest absolute Gasteiger partial charge is 0.493 e. The van der Waals surface area contributed by atoms with Crippen molar-refractivity contribution < 1.29 is 14.3 Å². The number of carbonyl (C=O) groups is 1. The van der Waals surface area contributed by atoms with Gasteiger partial charge in [-0.2, -0.15) is 5.26 Å². The number of carbonyl (C=O) groups excluding carboxylic acids is 1. The average molecular weight is 382 g/mol. The van der Waals surface area contributed by atoms with Crippen LogP contribution in [0, 0.1) is 11.3 Å². The normalized spacial score (nSPS) is 10.2. The first-order chi connectivity index (χ1) is 11.6. The number of halogens is 1. The predicted octanol–water partition coefficient (Wildman–Crippen LogP) is 4.70. The second kappa shape index (κ2) is 6.73. The molecule has 0 saturated heterocycles. The van der Waals surface area contributed by atoms with E-state index in [2.05, 4.69) is 15.9 Å². The second-order valence-corrected chi connectivity index (χ2v) is 5.87. The van der Waals surface area contributed by atoms with Gasteiger partial charge in [0.1, 0.15) is 0 Å². The Labute approximate surface area is 147 Å². The Morgan fingerprint density at radius 2 is 1.88 bits per heavy atom. The number of methoxy groups -OCH3 is 1. The Morgan fingerprint density at radius 1 is 1.12 bits per heavy atom. The molecule has 0 N–H and O–H groups in total. The first-order valence-electron chi connectivity index (χ1n) is 7.11. The molecule has 4 nitrogen and oxygen atoms in total. The van der Waals surface area contributed by atoms with Crippen LogP contribution < -0.4 is 9.47 Å². The summed E-state index contributed by atoms with van der Waals surface area (Å²) in [6, 6.07) is 18.2. The molecule has 0 aliphatic carbocycles. The highest BCUT2D eigenvalue weighted by Crippen LogP contribution is 2.37. The number of esters is 1. The monoisotopic (exact) mass is 381 g/mol. The molecule has 0 aliphatic rings. The minimum absolute atomic E-state index is 0.245. The van der Waals surface area contributed by atoms with Gasteiger partial charge in [-0.3, -0.25) is 0 Å². The van der Waals surface area contributed by atoms with Gasteiger partial charge < -0.3 is 9.47 Å². The number of hydrogen-bond donors (Lipinski definition) is 0. The van der Waals surface area contributed by atoms with Gasteiger partial charge in [0.2, 0.25) is 0 Å². The van der Waals surface area contributed by atoms with Gasteiger partial charge in [-0.25, -0.2) is 4.79 Å². The summed E-state index contributed by atoms with van der Waals surface area (Å²) in [5.41, 5.74) is 0.870. The molecule has 5 heteroatoms. The van der Waals surface area contributed by atoms with Crippen LogP contribution in [0.1, 0.15) is 15.9 Å².